The fourth-order valence-electron chi connectivity index (χ4n) is 3.73. The number of fused-ring (bicyclic) bond motifs is 1. The Morgan fingerprint density at radius 3 is 2.40 bits per heavy atom. The SMILES string of the molecule is Cc1cn2c(CNCc3cn(-c4ccccc4)nc3-c3ccccc3)c(C)nc2s1. The molecular weight excluding hydrogens is 390 g/mol. The maximum absolute atomic E-state index is 4.90. The molecule has 3 heterocycles. The first-order valence-corrected chi connectivity index (χ1v) is 10.8. The molecule has 6 heteroatoms. The number of rotatable bonds is 6. The Kier molecular flexibility index (Phi) is 4.94. The molecule has 1 N–H and O–H groups in total. The van der Waals surface area contributed by atoms with Gasteiger partial charge in [0.05, 0.1) is 22.8 Å². The van der Waals surface area contributed by atoms with Crippen LogP contribution in [0.3, 0.4) is 0 Å². The van der Waals surface area contributed by atoms with Crippen LogP contribution in [0.4, 0.5) is 0 Å². The minimum Gasteiger partial charge on any atom is -0.307 e. The quantitative estimate of drug-likeness (QED) is 0.418. The number of imidazole rings is 1. The summed E-state index contributed by atoms with van der Waals surface area (Å²) in [6.45, 7) is 5.69. The Morgan fingerprint density at radius 1 is 0.900 bits per heavy atom. The Hall–Kier alpha value is -3.22. The average molecular weight is 414 g/mol. The van der Waals surface area contributed by atoms with E-state index in [9.17, 15) is 0 Å². The minimum atomic E-state index is 0.729. The molecule has 0 spiro atoms. The molecule has 150 valence electrons. The van der Waals surface area contributed by atoms with Crippen LogP contribution in [0.2, 0.25) is 0 Å². The third kappa shape index (κ3) is 3.56. The lowest BCUT2D eigenvalue weighted by Crippen LogP contribution is -2.15. The first kappa shape index (κ1) is 18.8. The van der Waals surface area contributed by atoms with Crippen molar-refractivity contribution in [2.45, 2.75) is 26.9 Å². The zero-order valence-corrected chi connectivity index (χ0v) is 17.9. The second kappa shape index (κ2) is 7.89. The number of nitrogens with one attached hydrogen (secondary N) is 1. The van der Waals surface area contributed by atoms with Gasteiger partial charge in [-0.2, -0.15) is 5.10 Å². The van der Waals surface area contributed by atoms with Crippen LogP contribution in [0.15, 0.2) is 73.1 Å². The molecule has 5 nitrogen and oxygen atoms in total. The number of benzene rings is 2. The van der Waals surface area contributed by atoms with E-state index in [1.807, 2.05) is 28.9 Å². The Labute approximate surface area is 179 Å². The average Bonchev–Trinajstić information content (AvgIpc) is 3.43. The highest BCUT2D eigenvalue weighted by Gasteiger charge is 2.14. The van der Waals surface area contributed by atoms with Crippen LogP contribution < -0.4 is 5.32 Å². The van der Waals surface area contributed by atoms with E-state index in [-0.39, 0.29) is 0 Å². The molecule has 0 fully saturated rings. The highest BCUT2D eigenvalue weighted by molar-refractivity contribution is 7.17. The molecule has 2 aromatic carbocycles. The van der Waals surface area contributed by atoms with Gasteiger partial charge in [-0.1, -0.05) is 48.5 Å². The van der Waals surface area contributed by atoms with E-state index in [0.29, 0.717) is 0 Å². The monoisotopic (exact) mass is 413 g/mol. The molecule has 0 unspecified atom stereocenters. The van der Waals surface area contributed by atoms with Crippen LogP contribution >= 0.6 is 11.3 Å². The molecule has 0 bridgehead atoms. The number of aryl methyl sites for hydroxylation is 2. The lowest BCUT2D eigenvalue weighted by Gasteiger charge is -2.06. The van der Waals surface area contributed by atoms with Gasteiger partial charge in [0.2, 0.25) is 0 Å². The zero-order valence-electron chi connectivity index (χ0n) is 17.0. The third-order valence-corrected chi connectivity index (χ3v) is 6.10. The van der Waals surface area contributed by atoms with Gasteiger partial charge in [-0.3, -0.25) is 4.40 Å². The number of hydrogen-bond donors (Lipinski definition) is 1. The number of thiazole rings is 1. The van der Waals surface area contributed by atoms with E-state index in [1.165, 1.54) is 16.1 Å². The third-order valence-electron chi connectivity index (χ3n) is 5.21. The molecule has 5 aromatic rings. The van der Waals surface area contributed by atoms with Crippen LogP contribution in [0.5, 0.6) is 0 Å². The van der Waals surface area contributed by atoms with Crippen LogP contribution in [0.1, 0.15) is 21.8 Å². The van der Waals surface area contributed by atoms with E-state index in [2.05, 4.69) is 72.4 Å². The number of para-hydroxylation sites is 1. The van der Waals surface area contributed by atoms with Crippen molar-refractivity contribution in [1.29, 1.82) is 0 Å². The number of aromatic nitrogens is 4. The summed E-state index contributed by atoms with van der Waals surface area (Å²) >= 11 is 1.73. The molecule has 0 aliphatic heterocycles. The highest BCUT2D eigenvalue weighted by atomic mass is 32.1. The van der Waals surface area contributed by atoms with Crippen molar-refractivity contribution >= 4 is 16.3 Å². The highest BCUT2D eigenvalue weighted by Crippen LogP contribution is 2.24. The minimum absolute atomic E-state index is 0.729. The van der Waals surface area contributed by atoms with Gasteiger partial charge >= 0.3 is 0 Å². The summed E-state index contributed by atoms with van der Waals surface area (Å²) in [7, 11) is 0. The van der Waals surface area contributed by atoms with Crippen molar-refractivity contribution in [2.24, 2.45) is 0 Å². The van der Waals surface area contributed by atoms with Crippen molar-refractivity contribution in [1.82, 2.24) is 24.5 Å². The zero-order chi connectivity index (χ0) is 20.5. The number of hydrogen-bond acceptors (Lipinski definition) is 4. The van der Waals surface area contributed by atoms with E-state index >= 15 is 0 Å². The molecule has 0 saturated heterocycles. The fourth-order valence-corrected chi connectivity index (χ4v) is 4.62. The molecule has 5 rings (SSSR count). The van der Waals surface area contributed by atoms with Gasteiger partial charge < -0.3 is 5.32 Å². The van der Waals surface area contributed by atoms with Gasteiger partial charge in [0.1, 0.15) is 0 Å². The van der Waals surface area contributed by atoms with Crippen LogP contribution in [0, 0.1) is 13.8 Å². The van der Waals surface area contributed by atoms with E-state index in [4.69, 9.17) is 10.1 Å². The van der Waals surface area contributed by atoms with Gasteiger partial charge in [0.25, 0.3) is 0 Å². The van der Waals surface area contributed by atoms with Crippen LogP contribution in [-0.2, 0) is 13.1 Å². The van der Waals surface area contributed by atoms with Gasteiger partial charge in [0, 0.05) is 41.5 Å². The Morgan fingerprint density at radius 2 is 1.63 bits per heavy atom. The van der Waals surface area contributed by atoms with Crippen molar-refractivity contribution in [3.63, 3.8) is 0 Å². The summed E-state index contributed by atoms with van der Waals surface area (Å²) in [6, 6.07) is 20.6. The van der Waals surface area contributed by atoms with Crippen molar-refractivity contribution in [3.05, 3.63) is 94.9 Å². The summed E-state index contributed by atoms with van der Waals surface area (Å²) in [4.78, 5) is 7.02. The molecule has 0 aliphatic carbocycles. The van der Waals surface area contributed by atoms with E-state index in [0.717, 1.165) is 40.7 Å². The Balaban J connectivity index is 1.43. The summed E-state index contributed by atoms with van der Waals surface area (Å²) < 4.78 is 4.16. The topological polar surface area (TPSA) is 47.1 Å². The molecule has 3 aromatic heterocycles. The first-order valence-electron chi connectivity index (χ1n) is 10.0. The summed E-state index contributed by atoms with van der Waals surface area (Å²) in [5.41, 5.74) is 6.66. The molecule has 30 heavy (non-hydrogen) atoms. The molecule has 0 saturated carbocycles. The van der Waals surface area contributed by atoms with E-state index < -0.39 is 0 Å². The van der Waals surface area contributed by atoms with E-state index in [1.54, 1.807) is 11.3 Å². The summed E-state index contributed by atoms with van der Waals surface area (Å²) in [5, 5.41) is 8.51. The van der Waals surface area contributed by atoms with Gasteiger partial charge in [-0.25, -0.2) is 9.67 Å². The van der Waals surface area contributed by atoms with Crippen molar-refractivity contribution in [3.8, 4) is 16.9 Å². The fraction of sp³-hybridized carbons (Fsp3) is 0.167. The molecule has 0 amide bonds. The second-order valence-corrected chi connectivity index (χ2v) is 8.60. The largest absolute Gasteiger partial charge is 0.307 e. The maximum atomic E-state index is 4.90. The number of nitrogens with zero attached hydrogens (tertiary/aromatic N) is 4. The summed E-state index contributed by atoms with van der Waals surface area (Å²) in [5.74, 6) is 0. The lowest BCUT2D eigenvalue weighted by molar-refractivity contribution is 0.673. The van der Waals surface area contributed by atoms with Crippen LogP contribution in [-0.4, -0.2) is 19.2 Å². The summed E-state index contributed by atoms with van der Waals surface area (Å²) in [6.07, 6.45) is 4.29. The predicted molar refractivity (Wildman–Crippen MR) is 122 cm³/mol. The predicted octanol–water partition coefficient (Wildman–Crippen LogP) is 5.16. The van der Waals surface area contributed by atoms with Gasteiger partial charge in [-0.15, -0.1) is 11.3 Å². The molecular formula is C24H23N5S. The normalized spacial score (nSPS) is 11.4. The van der Waals surface area contributed by atoms with Crippen molar-refractivity contribution in [2.75, 3.05) is 0 Å². The molecule has 0 radical (unpaired) electrons. The van der Waals surface area contributed by atoms with Crippen molar-refractivity contribution < 1.29 is 0 Å². The van der Waals surface area contributed by atoms with Crippen LogP contribution in [0.25, 0.3) is 21.9 Å². The van der Waals surface area contributed by atoms with Gasteiger partial charge in [-0.05, 0) is 26.0 Å². The lowest BCUT2D eigenvalue weighted by atomic mass is 10.1. The standard InChI is InChI=1S/C24H23N5S/c1-17-15-28-22(18(2)26-24(28)30-17)14-25-13-20-16-29(21-11-7-4-8-12-21)27-23(20)19-9-5-3-6-10-19/h3-12,15-16,25H,13-14H2,1-2H3. The smallest absolute Gasteiger partial charge is 0.194 e. The second-order valence-electron chi connectivity index (χ2n) is 7.39. The first-order chi connectivity index (χ1) is 14.7. The Bertz CT molecular complexity index is 1280. The maximum Gasteiger partial charge on any atom is 0.194 e. The molecule has 0 aliphatic rings. The molecule has 0 atom stereocenters. The van der Waals surface area contributed by atoms with Gasteiger partial charge in [0.15, 0.2) is 4.96 Å².